The molecule has 0 aliphatic carbocycles. The van der Waals surface area contributed by atoms with Crippen molar-refractivity contribution in [2.45, 2.75) is 32.7 Å². The summed E-state index contributed by atoms with van der Waals surface area (Å²) in [7, 11) is 0. The summed E-state index contributed by atoms with van der Waals surface area (Å²) in [6, 6.07) is 8.89. The van der Waals surface area contributed by atoms with Gasteiger partial charge in [-0.05, 0) is 12.8 Å². The Morgan fingerprint density at radius 2 is 1.88 bits per heavy atom. The Bertz CT molecular complexity index is 456. The molecule has 0 saturated carbocycles. The van der Waals surface area contributed by atoms with Crippen LogP contribution >= 0.6 is 0 Å². The smallest absolute Gasteiger partial charge is 0.0608 e. The summed E-state index contributed by atoms with van der Waals surface area (Å²) in [5.41, 5.74) is 1.15. The van der Waals surface area contributed by atoms with Gasteiger partial charge in [-0.15, -0.1) is 0 Å². The van der Waals surface area contributed by atoms with Crippen LogP contribution in [0.15, 0.2) is 36.7 Å². The van der Waals surface area contributed by atoms with Gasteiger partial charge in [-0.3, -0.25) is 4.98 Å². The van der Waals surface area contributed by atoms with Crippen LogP contribution in [0.3, 0.4) is 0 Å². The number of nitrogens with one attached hydrogen (secondary N) is 1. The van der Waals surface area contributed by atoms with E-state index in [0.717, 1.165) is 18.5 Å². The van der Waals surface area contributed by atoms with Gasteiger partial charge in [-0.2, -0.15) is 0 Å². The Kier molecular flexibility index (Phi) is 3.40. The number of pyridine rings is 1. The van der Waals surface area contributed by atoms with E-state index in [2.05, 4.69) is 42.3 Å². The number of anilines is 1. The Hall–Kier alpha value is -1.57. The van der Waals surface area contributed by atoms with E-state index in [9.17, 15) is 0 Å². The highest BCUT2D eigenvalue weighted by Gasteiger charge is 2.05. The molecule has 0 saturated heterocycles. The summed E-state index contributed by atoms with van der Waals surface area (Å²) in [6.07, 6.45) is 6.10. The number of hydrogen-bond donors (Lipinski definition) is 1. The first-order valence-electron chi connectivity index (χ1n) is 5.94. The van der Waals surface area contributed by atoms with Gasteiger partial charge >= 0.3 is 0 Å². The van der Waals surface area contributed by atoms with E-state index in [1.165, 1.54) is 10.8 Å². The number of fused-ring (bicyclic) bond motifs is 1. The average Bonchev–Trinajstić information content (AvgIpc) is 2.36. The lowest BCUT2D eigenvalue weighted by Crippen LogP contribution is -2.17. The largest absolute Gasteiger partial charge is 0.381 e. The molecular formula is C14H18N2. The summed E-state index contributed by atoms with van der Waals surface area (Å²) >= 11 is 0. The summed E-state index contributed by atoms with van der Waals surface area (Å²) in [4.78, 5) is 4.27. The molecule has 16 heavy (non-hydrogen) atoms. The van der Waals surface area contributed by atoms with Crippen LogP contribution in [0.1, 0.15) is 26.7 Å². The van der Waals surface area contributed by atoms with Crippen molar-refractivity contribution in [2.75, 3.05) is 5.32 Å². The Morgan fingerprint density at radius 1 is 1.12 bits per heavy atom. The van der Waals surface area contributed by atoms with E-state index in [1.54, 1.807) is 0 Å². The molecule has 0 fully saturated rings. The molecule has 1 N–H and O–H groups in total. The van der Waals surface area contributed by atoms with Crippen molar-refractivity contribution in [3.63, 3.8) is 0 Å². The third-order valence-electron chi connectivity index (χ3n) is 3.01. The quantitative estimate of drug-likeness (QED) is 0.836. The van der Waals surface area contributed by atoms with Gasteiger partial charge in [-0.25, -0.2) is 0 Å². The molecule has 0 bridgehead atoms. The standard InChI is InChI=1S/C14H18N2/c1-3-12(4-2)16-14-10-15-9-11-7-5-6-8-13(11)14/h5-10,12,16H,3-4H2,1-2H3. The minimum absolute atomic E-state index is 0.535. The molecule has 0 aliphatic rings. The second kappa shape index (κ2) is 4.97. The zero-order valence-corrected chi connectivity index (χ0v) is 9.90. The number of nitrogens with zero attached hydrogens (tertiary/aromatic N) is 1. The normalized spacial score (nSPS) is 10.9. The second-order valence-corrected chi connectivity index (χ2v) is 4.07. The van der Waals surface area contributed by atoms with Gasteiger partial charge in [-0.1, -0.05) is 38.1 Å². The fourth-order valence-electron chi connectivity index (χ4n) is 1.94. The van der Waals surface area contributed by atoms with Gasteiger partial charge in [0.2, 0.25) is 0 Å². The number of rotatable bonds is 4. The molecule has 0 atom stereocenters. The molecule has 0 spiro atoms. The molecule has 2 heteroatoms. The molecule has 2 nitrogen and oxygen atoms in total. The molecule has 1 heterocycles. The zero-order valence-electron chi connectivity index (χ0n) is 9.90. The Morgan fingerprint density at radius 3 is 2.62 bits per heavy atom. The van der Waals surface area contributed by atoms with Crippen LogP contribution in [-0.2, 0) is 0 Å². The maximum Gasteiger partial charge on any atom is 0.0608 e. The highest BCUT2D eigenvalue weighted by Crippen LogP contribution is 2.22. The number of aromatic nitrogens is 1. The highest BCUT2D eigenvalue weighted by molar-refractivity contribution is 5.92. The van der Waals surface area contributed by atoms with Crippen LogP contribution in [-0.4, -0.2) is 11.0 Å². The summed E-state index contributed by atoms with van der Waals surface area (Å²) < 4.78 is 0. The van der Waals surface area contributed by atoms with Crippen molar-refractivity contribution in [3.8, 4) is 0 Å². The molecule has 2 aromatic rings. The highest BCUT2D eigenvalue weighted by atomic mass is 14.9. The summed E-state index contributed by atoms with van der Waals surface area (Å²) in [5, 5.41) is 6.01. The van der Waals surface area contributed by atoms with E-state index in [4.69, 9.17) is 0 Å². The van der Waals surface area contributed by atoms with Crippen molar-refractivity contribution >= 4 is 16.5 Å². The lowest BCUT2D eigenvalue weighted by Gasteiger charge is -2.17. The first kappa shape index (κ1) is 10.9. The predicted molar refractivity (Wildman–Crippen MR) is 69.7 cm³/mol. The molecule has 0 aliphatic heterocycles. The van der Waals surface area contributed by atoms with Crippen LogP contribution in [0.5, 0.6) is 0 Å². The van der Waals surface area contributed by atoms with E-state index < -0.39 is 0 Å². The number of hydrogen-bond acceptors (Lipinski definition) is 2. The summed E-state index contributed by atoms with van der Waals surface area (Å²) in [5.74, 6) is 0. The monoisotopic (exact) mass is 214 g/mol. The van der Waals surface area contributed by atoms with Crippen molar-refractivity contribution in [1.29, 1.82) is 0 Å². The maximum absolute atomic E-state index is 4.27. The Balaban J connectivity index is 2.36. The van der Waals surface area contributed by atoms with E-state index in [1.807, 2.05) is 18.5 Å². The van der Waals surface area contributed by atoms with Crippen molar-refractivity contribution in [1.82, 2.24) is 4.98 Å². The molecule has 0 unspecified atom stereocenters. The minimum Gasteiger partial charge on any atom is -0.381 e. The van der Waals surface area contributed by atoms with Crippen molar-refractivity contribution in [3.05, 3.63) is 36.7 Å². The van der Waals surface area contributed by atoms with E-state index in [0.29, 0.717) is 6.04 Å². The molecule has 84 valence electrons. The van der Waals surface area contributed by atoms with Gasteiger partial charge in [0.05, 0.1) is 11.9 Å². The topological polar surface area (TPSA) is 24.9 Å². The number of benzene rings is 1. The molecule has 1 aromatic carbocycles. The second-order valence-electron chi connectivity index (χ2n) is 4.07. The molecule has 0 amide bonds. The van der Waals surface area contributed by atoms with Crippen LogP contribution in [0.2, 0.25) is 0 Å². The first-order valence-corrected chi connectivity index (χ1v) is 5.94. The Labute approximate surface area is 96.7 Å². The minimum atomic E-state index is 0.535. The molecule has 0 radical (unpaired) electrons. The zero-order chi connectivity index (χ0) is 11.4. The van der Waals surface area contributed by atoms with Crippen molar-refractivity contribution < 1.29 is 0 Å². The van der Waals surface area contributed by atoms with Crippen LogP contribution in [0, 0.1) is 0 Å². The van der Waals surface area contributed by atoms with Gasteiger partial charge in [0, 0.05) is 23.0 Å². The van der Waals surface area contributed by atoms with Gasteiger partial charge in [0.1, 0.15) is 0 Å². The van der Waals surface area contributed by atoms with E-state index in [-0.39, 0.29) is 0 Å². The third-order valence-corrected chi connectivity index (χ3v) is 3.01. The van der Waals surface area contributed by atoms with Gasteiger partial charge in [0.15, 0.2) is 0 Å². The lowest BCUT2D eigenvalue weighted by molar-refractivity contribution is 0.672. The maximum atomic E-state index is 4.27. The lowest BCUT2D eigenvalue weighted by atomic mass is 10.1. The third kappa shape index (κ3) is 2.16. The predicted octanol–water partition coefficient (Wildman–Crippen LogP) is 3.84. The van der Waals surface area contributed by atoms with Crippen LogP contribution in [0.25, 0.3) is 10.8 Å². The van der Waals surface area contributed by atoms with Crippen LogP contribution in [0.4, 0.5) is 5.69 Å². The summed E-state index contributed by atoms with van der Waals surface area (Å²) in [6.45, 7) is 4.42. The van der Waals surface area contributed by atoms with Crippen LogP contribution < -0.4 is 5.32 Å². The van der Waals surface area contributed by atoms with Crippen molar-refractivity contribution in [2.24, 2.45) is 0 Å². The average molecular weight is 214 g/mol. The fraction of sp³-hybridized carbons (Fsp3) is 0.357. The van der Waals surface area contributed by atoms with Gasteiger partial charge in [0.25, 0.3) is 0 Å². The molecular weight excluding hydrogens is 196 g/mol. The van der Waals surface area contributed by atoms with E-state index >= 15 is 0 Å². The first-order chi connectivity index (χ1) is 7.85. The fourth-order valence-corrected chi connectivity index (χ4v) is 1.94. The van der Waals surface area contributed by atoms with Gasteiger partial charge < -0.3 is 5.32 Å². The SMILES string of the molecule is CCC(CC)Nc1cncc2ccccc12. The molecule has 1 aromatic heterocycles. The molecule has 2 rings (SSSR count).